The first-order valence-electron chi connectivity index (χ1n) is 11.0. The van der Waals surface area contributed by atoms with Gasteiger partial charge < -0.3 is 4.74 Å². The minimum absolute atomic E-state index is 0.228. The fourth-order valence-corrected chi connectivity index (χ4v) is 4.48. The molecule has 0 saturated carbocycles. The van der Waals surface area contributed by atoms with Crippen LogP contribution in [-0.4, -0.2) is 15.9 Å². The van der Waals surface area contributed by atoms with Crippen molar-refractivity contribution < 1.29 is 4.74 Å². The molecule has 0 spiro atoms. The van der Waals surface area contributed by atoms with E-state index in [0.29, 0.717) is 49.5 Å². The summed E-state index contributed by atoms with van der Waals surface area (Å²) >= 11 is 21.9. The standard InChI is InChI=1S/C26H21BrCl3N3O2/c1-2-3-4-25-32-23-9-6-18(27)12-21(23)26(34)33(25)31-14-17-11-19(28)8-10-24(17)35-15-16-5-7-20(29)13-22(16)30/h5-14H,2-4,15H2,1H3. The first kappa shape index (κ1) is 25.7. The summed E-state index contributed by atoms with van der Waals surface area (Å²) in [6, 6.07) is 15.9. The number of hydrogen-bond donors (Lipinski definition) is 0. The van der Waals surface area contributed by atoms with Gasteiger partial charge in [0.25, 0.3) is 5.56 Å². The van der Waals surface area contributed by atoms with Gasteiger partial charge in [-0.05, 0) is 55.0 Å². The van der Waals surface area contributed by atoms with Crippen LogP contribution in [0.1, 0.15) is 36.7 Å². The maximum Gasteiger partial charge on any atom is 0.282 e. The summed E-state index contributed by atoms with van der Waals surface area (Å²) in [7, 11) is 0. The molecule has 5 nitrogen and oxygen atoms in total. The number of hydrogen-bond acceptors (Lipinski definition) is 4. The zero-order valence-electron chi connectivity index (χ0n) is 18.8. The van der Waals surface area contributed by atoms with Crippen molar-refractivity contribution in [3.8, 4) is 5.75 Å². The van der Waals surface area contributed by atoms with Gasteiger partial charge in [-0.2, -0.15) is 9.78 Å². The van der Waals surface area contributed by atoms with Crippen LogP contribution in [0, 0.1) is 0 Å². The number of aryl methyl sites for hydroxylation is 1. The molecule has 4 rings (SSSR count). The average Bonchev–Trinajstić information content (AvgIpc) is 2.83. The third-order valence-electron chi connectivity index (χ3n) is 5.31. The number of benzene rings is 3. The summed E-state index contributed by atoms with van der Waals surface area (Å²) in [6.45, 7) is 2.32. The Morgan fingerprint density at radius 3 is 2.60 bits per heavy atom. The number of rotatable bonds is 8. The van der Waals surface area contributed by atoms with Crippen LogP contribution in [0.15, 0.2) is 69.0 Å². The molecule has 0 N–H and O–H groups in total. The quantitative estimate of drug-likeness (QED) is 0.195. The van der Waals surface area contributed by atoms with E-state index < -0.39 is 0 Å². The fourth-order valence-electron chi connectivity index (χ4n) is 3.48. The molecular formula is C26H21BrCl3N3O2. The van der Waals surface area contributed by atoms with Gasteiger partial charge in [0.15, 0.2) is 0 Å². The van der Waals surface area contributed by atoms with Gasteiger partial charge in [-0.3, -0.25) is 4.79 Å². The molecule has 0 amide bonds. The lowest BCUT2D eigenvalue weighted by molar-refractivity contribution is 0.306. The highest BCUT2D eigenvalue weighted by Gasteiger charge is 2.12. The Bertz CT molecular complexity index is 1470. The van der Waals surface area contributed by atoms with Crippen molar-refractivity contribution in [2.45, 2.75) is 32.8 Å². The van der Waals surface area contributed by atoms with E-state index >= 15 is 0 Å². The SMILES string of the molecule is CCCCc1nc2ccc(Br)cc2c(=O)n1N=Cc1cc(Cl)ccc1OCc1ccc(Cl)cc1Cl. The zero-order valence-corrected chi connectivity index (χ0v) is 22.6. The van der Waals surface area contributed by atoms with Crippen LogP contribution in [0.4, 0.5) is 0 Å². The van der Waals surface area contributed by atoms with Crippen molar-refractivity contribution in [1.82, 2.24) is 9.66 Å². The molecule has 180 valence electrons. The third-order valence-corrected chi connectivity index (χ3v) is 6.63. The van der Waals surface area contributed by atoms with Crippen molar-refractivity contribution in [2.24, 2.45) is 5.10 Å². The second-order valence-electron chi connectivity index (χ2n) is 7.86. The Hall–Kier alpha value is -2.38. The maximum atomic E-state index is 13.3. The van der Waals surface area contributed by atoms with E-state index in [4.69, 9.17) is 44.5 Å². The molecule has 0 bridgehead atoms. The van der Waals surface area contributed by atoms with Crippen molar-refractivity contribution in [2.75, 3.05) is 0 Å². The van der Waals surface area contributed by atoms with Gasteiger partial charge >= 0.3 is 0 Å². The van der Waals surface area contributed by atoms with Crippen LogP contribution < -0.4 is 10.3 Å². The molecule has 9 heteroatoms. The molecule has 0 radical (unpaired) electrons. The zero-order chi connectivity index (χ0) is 24.9. The molecule has 3 aromatic carbocycles. The second-order valence-corrected chi connectivity index (χ2v) is 10.1. The molecule has 0 atom stereocenters. The van der Waals surface area contributed by atoms with Crippen LogP contribution in [0.2, 0.25) is 15.1 Å². The van der Waals surface area contributed by atoms with Crippen LogP contribution in [0.25, 0.3) is 10.9 Å². The number of fused-ring (bicyclic) bond motifs is 1. The molecule has 0 fully saturated rings. The number of nitrogens with zero attached hydrogens (tertiary/aromatic N) is 3. The van der Waals surface area contributed by atoms with Gasteiger partial charge in [0.2, 0.25) is 0 Å². The molecule has 0 aliphatic carbocycles. The summed E-state index contributed by atoms with van der Waals surface area (Å²) in [6.07, 6.45) is 4.05. The highest BCUT2D eigenvalue weighted by molar-refractivity contribution is 9.10. The lowest BCUT2D eigenvalue weighted by atomic mass is 10.2. The predicted octanol–water partition coefficient (Wildman–Crippen LogP) is 7.92. The van der Waals surface area contributed by atoms with Crippen LogP contribution in [-0.2, 0) is 13.0 Å². The molecule has 4 aromatic rings. The van der Waals surface area contributed by atoms with Crippen molar-refractivity contribution >= 4 is 67.9 Å². The maximum absolute atomic E-state index is 13.3. The van der Waals surface area contributed by atoms with Crippen molar-refractivity contribution in [1.29, 1.82) is 0 Å². The van der Waals surface area contributed by atoms with E-state index in [1.807, 2.05) is 18.2 Å². The number of aromatic nitrogens is 2. The molecule has 1 heterocycles. The van der Waals surface area contributed by atoms with Gasteiger partial charge in [0.1, 0.15) is 18.2 Å². The third kappa shape index (κ3) is 6.25. The fraction of sp³-hybridized carbons (Fsp3) is 0.192. The number of ether oxygens (including phenoxy) is 1. The number of unbranched alkanes of at least 4 members (excludes halogenated alkanes) is 1. The molecule has 0 saturated heterocycles. The first-order valence-corrected chi connectivity index (χ1v) is 12.9. The highest BCUT2D eigenvalue weighted by atomic mass is 79.9. The summed E-state index contributed by atoms with van der Waals surface area (Å²) in [5.41, 5.74) is 1.81. The van der Waals surface area contributed by atoms with Crippen molar-refractivity contribution in [3.63, 3.8) is 0 Å². The van der Waals surface area contributed by atoms with Crippen LogP contribution in [0.3, 0.4) is 0 Å². The Morgan fingerprint density at radius 2 is 1.83 bits per heavy atom. The van der Waals surface area contributed by atoms with Gasteiger partial charge in [-0.25, -0.2) is 4.98 Å². The predicted molar refractivity (Wildman–Crippen MR) is 148 cm³/mol. The minimum atomic E-state index is -0.240. The van der Waals surface area contributed by atoms with E-state index in [1.54, 1.807) is 42.6 Å². The summed E-state index contributed by atoms with van der Waals surface area (Å²) < 4.78 is 8.16. The molecule has 1 aromatic heterocycles. The molecular weight excluding hydrogens is 573 g/mol. The summed E-state index contributed by atoms with van der Waals surface area (Å²) in [4.78, 5) is 18.0. The van der Waals surface area contributed by atoms with E-state index in [0.717, 1.165) is 22.9 Å². The average molecular weight is 594 g/mol. The summed E-state index contributed by atoms with van der Waals surface area (Å²) in [5, 5.41) is 6.58. The largest absolute Gasteiger partial charge is 0.488 e. The van der Waals surface area contributed by atoms with Crippen molar-refractivity contribution in [3.05, 3.63) is 101 Å². The van der Waals surface area contributed by atoms with E-state index in [2.05, 4.69) is 28.0 Å². The van der Waals surface area contributed by atoms with Gasteiger partial charge in [-0.1, -0.05) is 70.1 Å². The Kier molecular flexibility index (Phi) is 8.50. The Labute approximate surface area is 226 Å². The first-order chi connectivity index (χ1) is 16.9. The molecule has 0 aliphatic heterocycles. The van der Waals surface area contributed by atoms with Gasteiger partial charge in [0, 0.05) is 37.1 Å². The topological polar surface area (TPSA) is 56.5 Å². The van der Waals surface area contributed by atoms with E-state index in [-0.39, 0.29) is 12.2 Å². The minimum Gasteiger partial charge on any atom is -0.488 e. The highest BCUT2D eigenvalue weighted by Crippen LogP contribution is 2.26. The molecule has 0 unspecified atom stereocenters. The number of halogens is 4. The van der Waals surface area contributed by atoms with E-state index in [1.165, 1.54) is 4.68 Å². The monoisotopic (exact) mass is 591 g/mol. The summed E-state index contributed by atoms with van der Waals surface area (Å²) in [5.74, 6) is 1.14. The second kappa shape index (κ2) is 11.6. The molecule has 0 aliphatic rings. The Balaban J connectivity index is 1.71. The molecule has 35 heavy (non-hydrogen) atoms. The van der Waals surface area contributed by atoms with E-state index in [9.17, 15) is 4.79 Å². The normalized spacial score (nSPS) is 11.5. The van der Waals surface area contributed by atoms with Gasteiger partial charge in [-0.15, -0.1) is 0 Å². The van der Waals surface area contributed by atoms with Crippen LogP contribution >= 0.6 is 50.7 Å². The smallest absolute Gasteiger partial charge is 0.282 e. The lowest BCUT2D eigenvalue weighted by Gasteiger charge is -2.12. The van der Waals surface area contributed by atoms with Crippen LogP contribution in [0.5, 0.6) is 5.75 Å². The lowest BCUT2D eigenvalue weighted by Crippen LogP contribution is -2.22. The Morgan fingerprint density at radius 1 is 1.06 bits per heavy atom. The van der Waals surface area contributed by atoms with Gasteiger partial charge in [0.05, 0.1) is 17.1 Å².